The van der Waals surface area contributed by atoms with E-state index in [-0.39, 0.29) is 5.91 Å². The van der Waals surface area contributed by atoms with E-state index >= 15 is 0 Å². The highest BCUT2D eigenvalue weighted by molar-refractivity contribution is 6.07. The number of anilines is 1. The summed E-state index contributed by atoms with van der Waals surface area (Å²) in [6, 6.07) is 5.39. The van der Waals surface area contributed by atoms with E-state index < -0.39 is 11.9 Å². The van der Waals surface area contributed by atoms with Crippen molar-refractivity contribution in [2.45, 2.75) is 13.3 Å². The molecule has 1 fully saturated rings. The van der Waals surface area contributed by atoms with Gasteiger partial charge in [-0.05, 0) is 37.1 Å². The summed E-state index contributed by atoms with van der Waals surface area (Å²) < 4.78 is 5.15. The van der Waals surface area contributed by atoms with E-state index in [0.29, 0.717) is 13.0 Å². The average molecular weight is 249 g/mol. The van der Waals surface area contributed by atoms with Gasteiger partial charge in [-0.15, -0.1) is 0 Å². The fraction of sp³-hybridized carbons (Fsp3) is 0.385. The number of ether oxygens (including phenoxy) is 1. The van der Waals surface area contributed by atoms with Crippen LogP contribution in [0.5, 0.6) is 5.75 Å². The number of hydrogen-bond acceptors (Lipinski definition) is 3. The number of aryl methyl sites for hydroxylation is 1. The quantitative estimate of drug-likeness (QED) is 0.823. The summed E-state index contributed by atoms with van der Waals surface area (Å²) in [5.41, 5.74) is 1.64. The van der Waals surface area contributed by atoms with Gasteiger partial charge in [0.2, 0.25) is 5.91 Å². The van der Waals surface area contributed by atoms with Crippen LogP contribution in [0.2, 0.25) is 0 Å². The lowest BCUT2D eigenvalue weighted by Gasteiger charge is -2.17. The standard InChI is InChI=1S/C13H15NO4/c1-8-7-9(3-4-11(8)18-2)14-6-5-10(12(14)15)13(16)17/h3-4,7,10H,5-6H2,1-2H3,(H,16,17). The molecule has 0 saturated carbocycles. The number of carbonyl (C=O) groups is 2. The molecule has 96 valence electrons. The average Bonchev–Trinajstić information content (AvgIpc) is 2.71. The van der Waals surface area contributed by atoms with E-state index in [9.17, 15) is 9.59 Å². The van der Waals surface area contributed by atoms with Crippen molar-refractivity contribution >= 4 is 17.6 Å². The minimum Gasteiger partial charge on any atom is -0.496 e. The zero-order chi connectivity index (χ0) is 13.3. The number of carbonyl (C=O) groups excluding carboxylic acids is 1. The first kappa shape index (κ1) is 12.4. The van der Waals surface area contributed by atoms with Gasteiger partial charge in [-0.3, -0.25) is 9.59 Å². The van der Waals surface area contributed by atoms with Crippen molar-refractivity contribution in [2.75, 3.05) is 18.6 Å². The van der Waals surface area contributed by atoms with Crippen LogP contribution in [0.15, 0.2) is 18.2 Å². The predicted octanol–water partition coefficient (Wildman–Crippen LogP) is 1.44. The smallest absolute Gasteiger partial charge is 0.316 e. The molecule has 0 bridgehead atoms. The fourth-order valence-corrected chi connectivity index (χ4v) is 2.20. The second kappa shape index (κ2) is 4.68. The molecule has 1 amide bonds. The third kappa shape index (κ3) is 2.03. The molecule has 2 rings (SSSR count). The van der Waals surface area contributed by atoms with E-state index in [0.717, 1.165) is 17.0 Å². The van der Waals surface area contributed by atoms with Gasteiger partial charge < -0.3 is 14.7 Å². The summed E-state index contributed by atoms with van der Waals surface area (Å²) in [6.45, 7) is 2.33. The van der Waals surface area contributed by atoms with Crippen molar-refractivity contribution in [2.24, 2.45) is 5.92 Å². The van der Waals surface area contributed by atoms with Crippen molar-refractivity contribution in [1.82, 2.24) is 0 Å². The zero-order valence-corrected chi connectivity index (χ0v) is 10.3. The molecule has 1 aromatic carbocycles. The van der Waals surface area contributed by atoms with E-state index in [1.807, 2.05) is 13.0 Å². The Kier molecular flexibility index (Phi) is 3.23. The highest BCUT2D eigenvalue weighted by atomic mass is 16.5. The highest BCUT2D eigenvalue weighted by Gasteiger charge is 2.37. The minimum atomic E-state index is -1.05. The van der Waals surface area contributed by atoms with E-state index in [2.05, 4.69) is 0 Å². The van der Waals surface area contributed by atoms with Gasteiger partial charge in [0.25, 0.3) is 0 Å². The maximum atomic E-state index is 11.9. The first-order chi connectivity index (χ1) is 8.54. The van der Waals surface area contributed by atoms with Crippen LogP contribution in [0, 0.1) is 12.8 Å². The summed E-state index contributed by atoms with van der Waals surface area (Å²) in [5, 5.41) is 8.92. The molecule has 0 aliphatic carbocycles. The molecule has 1 unspecified atom stereocenters. The van der Waals surface area contributed by atoms with Gasteiger partial charge in [-0.2, -0.15) is 0 Å². The predicted molar refractivity (Wildman–Crippen MR) is 65.8 cm³/mol. The molecular weight excluding hydrogens is 234 g/mol. The number of benzene rings is 1. The molecule has 1 aliphatic rings. The monoisotopic (exact) mass is 249 g/mol. The normalized spacial score (nSPS) is 19.1. The maximum Gasteiger partial charge on any atom is 0.316 e. The zero-order valence-electron chi connectivity index (χ0n) is 10.3. The summed E-state index contributed by atoms with van der Waals surface area (Å²) in [7, 11) is 1.59. The van der Waals surface area contributed by atoms with Crippen LogP contribution in [-0.2, 0) is 9.59 Å². The molecule has 1 aromatic rings. The summed E-state index contributed by atoms with van der Waals surface area (Å²) >= 11 is 0. The van der Waals surface area contributed by atoms with Crippen LogP contribution in [0.1, 0.15) is 12.0 Å². The van der Waals surface area contributed by atoms with Crippen molar-refractivity contribution < 1.29 is 19.4 Å². The van der Waals surface area contributed by atoms with Crippen molar-refractivity contribution in [1.29, 1.82) is 0 Å². The summed E-state index contributed by atoms with van der Waals surface area (Å²) in [6.07, 6.45) is 0.360. The number of carboxylic acids is 1. The molecule has 1 N–H and O–H groups in total. The Balaban J connectivity index is 2.26. The molecule has 1 aliphatic heterocycles. The highest BCUT2D eigenvalue weighted by Crippen LogP contribution is 2.29. The summed E-state index contributed by atoms with van der Waals surface area (Å²) in [4.78, 5) is 24.3. The Hall–Kier alpha value is -2.04. The van der Waals surface area contributed by atoms with E-state index in [1.165, 1.54) is 4.90 Å². The lowest BCUT2D eigenvalue weighted by Crippen LogP contribution is -2.30. The number of hydrogen-bond donors (Lipinski definition) is 1. The molecule has 5 heteroatoms. The van der Waals surface area contributed by atoms with Gasteiger partial charge in [-0.25, -0.2) is 0 Å². The van der Waals surface area contributed by atoms with Crippen LogP contribution >= 0.6 is 0 Å². The van der Waals surface area contributed by atoms with Crippen LogP contribution in [0.3, 0.4) is 0 Å². The Morgan fingerprint density at radius 2 is 2.22 bits per heavy atom. The van der Waals surface area contributed by atoms with E-state index in [4.69, 9.17) is 9.84 Å². The van der Waals surface area contributed by atoms with E-state index in [1.54, 1.807) is 19.2 Å². The Labute approximate surface area is 105 Å². The first-order valence-electron chi connectivity index (χ1n) is 5.73. The van der Waals surface area contributed by atoms with Crippen LogP contribution in [0.4, 0.5) is 5.69 Å². The number of nitrogens with zero attached hydrogens (tertiary/aromatic N) is 1. The molecule has 1 saturated heterocycles. The number of carboxylic acid groups (broad SMARTS) is 1. The largest absolute Gasteiger partial charge is 0.496 e. The van der Waals surface area contributed by atoms with Crippen molar-refractivity contribution in [3.8, 4) is 5.75 Å². The third-order valence-corrected chi connectivity index (χ3v) is 3.19. The van der Waals surface area contributed by atoms with Gasteiger partial charge in [0, 0.05) is 12.2 Å². The molecule has 0 aromatic heterocycles. The van der Waals surface area contributed by atoms with Gasteiger partial charge in [0.15, 0.2) is 0 Å². The Morgan fingerprint density at radius 3 is 2.72 bits per heavy atom. The number of aliphatic carboxylic acids is 1. The first-order valence-corrected chi connectivity index (χ1v) is 5.73. The lowest BCUT2D eigenvalue weighted by atomic mass is 10.1. The van der Waals surface area contributed by atoms with Gasteiger partial charge in [0.05, 0.1) is 7.11 Å². The Morgan fingerprint density at radius 1 is 1.50 bits per heavy atom. The summed E-state index contributed by atoms with van der Waals surface area (Å²) in [5.74, 6) is -1.55. The molecule has 1 atom stereocenters. The molecule has 1 heterocycles. The SMILES string of the molecule is COc1ccc(N2CCC(C(=O)O)C2=O)cc1C. The topological polar surface area (TPSA) is 66.8 Å². The van der Waals surface area contributed by atoms with Gasteiger partial charge >= 0.3 is 5.97 Å². The lowest BCUT2D eigenvalue weighted by molar-refractivity contribution is -0.144. The Bertz CT molecular complexity index is 498. The number of methoxy groups -OCH3 is 1. The van der Waals surface area contributed by atoms with Crippen LogP contribution in [-0.4, -0.2) is 30.6 Å². The fourth-order valence-electron chi connectivity index (χ4n) is 2.20. The molecule has 18 heavy (non-hydrogen) atoms. The number of amides is 1. The molecule has 0 radical (unpaired) electrons. The van der Waals surface area contributed by atoms with Crippen molar-refractivity contribution in [3.05, 3.63) is 23.8 Å². The van der Waals surface area contributed by atoms with Crippen LogP contribution in [0.25, 0.3) is 0 Å². The second-order valence-corrected chi connectivity index (χ2v) is 4.32. The maximum absolute atomic E-state index is 11.9. The van der Waals surface area contributed by atoms with Crippen molar-refractivity contribution in [3.63, 3.8) is 0 Å². The second-order valence-electron chi connectivity index (χ2n) is 4.32. The van der Waals surface area contributed by atoms with Crippen LogP contribution < -0.4 is 9.64 Å². The number of rotatable bonds is 3. The van der Waals surface area contributed by atoms with Gasteiger partial charge in [0.1, 0.15) is 11.7 Å². The molecule has 0 spiro atoms. The van der Waals surface area contributed by atoms with Gasteiger partial charge in [-0.1, -0.05) is 0 Å². The minimum absolute atomic E-state index is 0.341. The molecule has 5 nitrogen and oxygen atoms in total. The molecular formula is C13H15NO4. The third-order valence-electron chi connectivity index (χ3n) is 3.19.